The number of likely N-dealkylation sites (tertiary alicyclic amines) is 1. The fraction of sp³-hybridized carbons (Fsp3) is 0.400. The molecule has 1 aromatic heterocycles. The van der Waals surface area contributed by atoms with Crippen molar-refractivity contribution >= 4 is 10.0 Å². The summed E-state index contributed by atoms with van der Waals surface area (Å²) in [6.07, 6.45) is 5.87. The Morgan fingerprint density at radius 3 is 2.64 bits per heavy atom. The zero-order chi connectivity index (χ0) is 23.0. The van der Waals surface area contributed by atoms with E-state index in [4.69, 9.17) is 0 Å². The van der Waals surface area contributed by atoms with Crippen LogP contribution < -0.4 is 4.72 Å². The van der Waals surface area contributed by atoms with Crippen LogP contribution in [0.25, 0.3) is 0 Å². The van der Waals surface area contributed by atoms with E-state index in [0.29, 0.717) is 11.5 Å². The molecule has 0 saturated carbocycles. The van der Waals surface area contributed by atoms with E-state index >= 15 is 0 Å². The lowest BCUT2D eigenvalue weighted by atomic mass is 9.85. The largest absolute Gasteiger partial charge is 0.339 e. The molecule has 0 spiro atoms. The van der Waals surface area contributed by atoms with Crippen LogP contribution in [0.1, 0.15) is 34.6 Å². The molecule has 3 aromatic rings. The fourth-order valence-corrected chi connectivity index (χ4v) is 6.01. The van der Waals surface area contributed by atoms with E-state index in [2.05, 4.69) is 38.9 Å². The Labute approximate surface area is 194 Å². The van der Waals surface area contributed by atoms with Gasteiger partial charge in [-0.3, -0.25) is 0 Å². The predicted octanol–water partition coefficient (Wildman–Crippen LogP) is 3.24. The van der Waals surface area contributed by atoms with Crippen LogP contribution in [-0.2, 0) is 36.5 Å². The number of aryl methyl sites for hydroxylation is 1. The van der Waals surface area contributed by atoms with Gasteiger partial charge in [-0.25, -0.2) is 22.5 Å². The molecule has 1 N–H and O–H groups in total. The minimum atomic E-state index is -3.81. The Hall–Kier alpha value is -2.55. The van der Waals surface area contributed by atoms with Crippen LogP contribution in [-0.4, -0.2) is 42.5 Å². The Kier molecular flexibility index (Phi) is 6.07. The molecule has 8 heteroatoms. The first-order valence-electron chi connectivity index (χ1n) is 11.4. The first-order chi connectivity index (χ1) is 15.9. The van der Waals surface area contributed by atoms with Crippen molar-refractivity contribution in [3.8, 4) is 0 Å². The van der Waals surface area contributed by atoms with Gasteiger partial charge in [0.1, 0.15) is 5.82 Å². The van der Waals surface area contributed by atoms with Gasteiger partial charge in [-0.1, -0.05) is 36.4 Å². The summed E-state index contributed by atoms with van der Waals surface area (Å²) in [7, 11) is -2.10. The second-order valence-electron chi connectivity index (χ2n) is 9.26. The number of rotatable bonds is 8. The molecule has 2 aromatic carbocycles. The molecule has 0 radical (unpaired) electrons. The normalized spacial score (nSPS) is 20.5. The zero-order valence-corrected chi connectivity index (χ0v) is 19.6. The van der Waals surface area contributed by atoms with Crippen molar-refractivity contribution in [1.82, 2.24) is 19.2 Å². The summed E-state index contributed by atoms with van der Waals surface area (Å²) < 4.78 is 44.2. The number of aromatic nitrogens is 2. The molecule has 2 atom stereocenters. The number of nitrogens with zero attached hydrogens (tertiary/aromatic N) is 3. The first kappa shape index (κ1) is 22.3. The maximum atomic E-state index is 15.0. The molecule has 6 nitrogen and oxygen atoms in total. The molecule has 1 aliphatic heterocycles. The third kappa shape index (κ3) is 4.74. The average molecular weight is 469 g/mol. The highest BCUT2D eigenvalue weighted by Gasteiger charge is 2.35. The topological polar surface area (TPSA) is 67.2 Å². The van der Waals surface area contributed by atoms with Crippen LogP contribution in [0.2, 0.25) is 0 Å². The molecule has 2 heterocycles. The van der Waals surface area contributed by atoms with E-state index in [0.717, 1.165) is 43.6 Å². The van der Waals surface area contributed by atoms with E-state index in [1.165, 1.54) is 24.5 Å². The van der Waals surface area contributed by atoms with Gasteiger partial charge in [-0.05, 0) is 66.9 Å². The van der Waals surface area contributed by atoms with Crippen LogP contribution in [0.3, 0.4) is 0 Å². The summed E-state index contributed by atoms with van der Waals surface area (Å²) in [5.74, 6) is 0.357. The number of benzene rings is 2. The molecule has 5 rings (SSSR count). The van der Waals surface area contributed by atoms with Crippen LogP contribution >= 0.6 is 0 Å². The quantitative estimate of drug-likeness (QED) is 0.551. The van der Waals surface area contributed by atoms with Gasteiger partial charge in [0, 0.05) is 31.9 Å². The number of nitrogens with one attached hydrogen (secondary N) is 1. The Morgan fingerprint density at radius 1 is 1.18 bits per heavy atom. The highest BCUT2D eigenvalue weighted by Crippen LogP contribution is 2.42. The summed E-state index contributed by atoms with van der Waals surface area (Å²) in [6, 6.07) is 13.9. The molecule has 1 fully saturated rings. The lowest BCUT2D eigenvalue weighted by Crippen LogP contribution is -2.41. The zero-order valence-electron chi connectivity index (χ0n) is 18.7. The molecular formula is C25H29FN4O2S. The number of sulfonamides is 1. The summed E-state index contributed by atoms with van der Waals surface area (Å²) in [4.78, 5) is 6.38. The van der Waals surface area contributed by atoms with Gasteiger partial charge in [0.25, 0.3) is 10.0 Å². The SMILES string of the molecule is Cn1cnc(S(=O)(=O)NCc2cc3c(cc2F)CC(CN2CCC2)C3Cc2ccccc2)c1. The number of hydrogen-bond acceptors (Lipinski definition) is 4. The van der Waals surface area contributed by atoms with Gasteiger partial charge in [-0.15, -0.1) is 0 Å². The van der Waals surface area contributed by atoms with Gasteiger partial charge in [0.05, 0.1) is 6.33 Å². The molecule has 0 amide bonds. The van der Waals surface area contributed by atoms with E-state index < -0.39 is 10.0 Å². The number of fused-ring (bicyclic) bond motifs is 1. The van der Waals surface area contributed by atoms with Crippen molar-refractivity contribution in [1.29, 1.82) is 0 Å². The van der Waals surface area contributed by atoms with Crippen molar-refractivity contribution in [3.05, 3.63) is 83.1 Å². The van der Waals surface area contributed by atoms with Gasteiger partial charge in [0.2, 0.25) is 0 Å². The van der Waals surface area contributed by atoms with E-state index in [9.17, 15) is 12.8 Å². The Bertz CT molecular complexity index is 1240. The maximum Gasteiger partial charge on any atom is 0.259 e. The molecule has 1 saturated heterocycles. The lowest BCUT2D eigenvalue weighted by Gasteiger charge is -2.35. The minimum Gasteiger partial charge on any atom is -0.339 e. The molecule has 2 aliphatic rings. The fourth-order valence-electron chi connectivity index (χ4n) is 5.02. The van der Waals surface area contributed by atoms with Crippen molar-refractivity contribution in [2.45, 2.75) is 36.8 Å². The second kappa shape index (κ2) is 9.00. The van der Waals surface area contributed by atoms with E-state index in [1.807, 2.05) is 12.1 Å². The predicted molar refractivity (Wildman–Crippen MR) is 125 cm³/mol. The minimum absolute atomic E-state index is 0.0665. The maximum absolute atomic E-state index is 15.0. The molecule has 1 aliphatic carbocycles. The average Bonchev–Trinajstić information content (AvgIpc) is 3.34. The van der Waals surface area contributed by atoms with Crippen LogP contribution in [0.15, 0.2) is 60.0 Å². The van der Waals surface area contributed by atoms with Crippen LogP contribution in [0.4, 0.5) is 4.39 Å². The summed E-state index contributed by atoms with van der Waals surface area (Å²) in [5.41, 5.74) is 3.84. The van der Waals surface area contributed by atoms with Crippen molar-refractivity contribution in [2.24, 2.45) is 13.0 Å². The van der Waals surface area contributed by atoms with Crippen LogP contribution in [0, 0.1) is 11.7 Å². The standard InChI is InChI=1S/C25H29FN4O2S/c1-29-16-25(27-17-29)33(31,32)28-14-20-12-23-19(13-24(20)26)11-21(15-30-8-5-9-30)22(23)10-18-6-3-2-4-7-18/h2-4,6-7,12-13,16-17,21-22,28H,5,8-11,14-15H2,1H3. The smallest absolute Gasteiger partial charge is 0.259 e. The Morgan fingerprint density at radius 2 is 1.97 bits per heavy atom. The Balaban J connectivity index is 1.40. The van der Waals surface area contributed by atoms with Crippen molar-refractivity contribution in [3.63, 3.8) is 0 Å². The summed E-state index contributed by atoms with van der Waals surface area (Å²) in [6.45, 7) is 3.20. The van der Waals surface area contributed by atoms with Gasteiger partial charge < -0.3 is 9.47 Å². The van der Waals surface area contributed by atoms with Crippen LogP contribution in [0.5, 0.6) is 0 Å². The van der Waals surface area contributed by atoms with Crippen molar-refractivity contribution in [2.75, 3.05) is 19.6 Å². The lowest BCUT2D eigenvalue weighted by molar-refractivity contribution is 0.145. The van der Waals surface area contributed by atoms with Gasteiger partial charge in [-0.2, -0.15) is 0 Å². The number of halogens is 1. The molecule has 0 bridgehead atoms. The monoisotopic (exact) mass is 468 g/mol. The first-order valence-corrected chi connectivity index (χ1v) is 12.9. The molecule has 2 unspecified atom stereocenters. The van der Waals surface area contributed by atoms with Crippen molar-refractivity contribution < 1.29 is 12.8 Å². The number of hydrogen-bond donors (Lipinski definition) is 1. The van der Waals surface area contributed by atoms with Gasteiger partial charge >= 0.3 is 0 Å². The third-order valence-corrected chi connectivity index (χ3v) is 8.19. The third-order valence-electron chi connectivity index (χ3n) is 6.91. The summed E-state index contributed by atoms with van der Waals surface area (Å²) >= 11 is 0. The number of imidazole rings is 1. The molecule has 33 heavy (non-hydrogen) atoms. The highest BCUT2D eigenvalue weighted by molar-refractivity contribution is 7.89. The highest BCUT2D eigenvalue weighted by atomic mass is 32.2. The van der Waals surface area contributed by atoms with E-state index in [-0.39, 0.29) is 23.3 Å². The summed E-state index contributed by atoms with van der Waals surface area (Å²) in [5, 5.41) is -0.0665. The molecule has 174 valence electrons. The molecular weight excluding hydrogens is 439 g/mol. The second-order valence-corrected chi connectivity index (χ2v) is 11.0. The van der Waals surface area contributed by atoms with E-state index in [1.54, 1.807) is 17.7 Å². The van der Waals surface area contributed by atoms with Gasteiger partial charge in [0.15, 0.2) is 5.03 Å².